The van der Waals surface area contributed by atoms with E-state index in [1.54, 1.807) is 54.6 Å². The number of nitrogens with one attached hydrogen (secondary N) is 1. The van der Waals surface area contributed by atoms with Crippen molar-refractivity contribution in [2.75, 3.05) is 5.32 Å². The quantitative estimate of drug-likeness (QED) is 0.433. The molecule has 5 heteroatoms. The number of halogens is 1. The summed E-state index contributed by atoms with van der Waals surface area (Å²) in [5.74, 6) is -0.385. The zero-order valence-corrected chi connectivity index (χ0v) is 15.7. The molecule has 0 radical (unpaired) electrons. The Balaban J connectivity index is 1.67. The normalized spacial score (nSPS) is 10.7. The van der Waals surface area contributed by atoms with Gasteiger partial charge in [-0.15, -0.1) is 0 Å². The lowest BCUT2D eigenvalue weighted by molar-refractivity contribution is 0.0998. The van der Waals surface area contributed by atoms with Gasteiger partial charge in [0.05, 0.1) is 5.69 Å². The monoisotopic (exact) mass is 419 g/mol. The highest BCUT2D eigenvalue weighted by Gasteiger charge is 2.18. The SMILES string of the molecule is O=C(Nc1ccc(Br)cc1C(=O)c1ccccc1)c1cc2ccccc2o1. The fourth-order valence-corrected chi connectivity index (χ4v) is 3.20. The van der Waals surface area contributed by atoms with E-state index in [1.165, 1.54) is 0 Å². The van der Waals surface area contributed by atoms with Crippen LogP contribution >= 0.6 is 15.9 Å². The number of hydrogen-bond donors (Lipinski definition) is 1. The van der Waals surface area contributed by atoms with E-state index in [1.807, 2.05) is 24.3 Å². The lowest BCUT2D eigenvalue weighted by atomic mass is 10.0. The molecule has 1 N–H and O–H groups in total. The third kappa shape index (κ3) is 3.55. The summed E-state index contributed by atoms with van der Waals surface area (Å²) in [5.41, 5.74) is 2.02. The molecule has 0 saturated heterocycles. The second-order valence-electron chi connectivity index (χ2n) is 5.99. The topological polar surface area (TPSA) is 59.3 Å². The number of rotatable bonds is 4. The number of fused-ring (bicyclic) bond motifs is 1. The van der Waals surface area contributed by atoms with Crippen LogP contribution in [0.1, 0.15) is 26.5 Å². The lowest BCUT2D eigenvalue weighted by Crippen LogP contribution is -2.14. The first kappa shape index (κ1) is 17.2. The van der Waals surface area contributed by atoms with E-state index >= 15 is 0 Å². The Bertz CT molecular complexity index is 1120. The Morgan fingerprint density at radius 3 is 2.37 bits per heavy atom. The van der Waals surface area contributed by atoms with Gasteiger partial charge in [0.2, 0.25) is 0 Å². The summed E-state index contributed by atoms with van der Waals surface area (Å²) < 4.78 is 6.36. The van der Waals surface area contributed by atoms with E-state index in [9.17, 15) is 9.59 Å². The molecule has 0 aliphatic carbocycles. The van der Waals surface area contributed by atoms with Crippen molar-refractivity contribution in [3.05, 3.63) is 100 Å². The van der Waals surface area contributed by atoms with Crippen LogP contribution < -0.4 is 5.32 Å². The third-order valence-corrected chi connectivity index (χ3v) is 4.65. The number of para-hydroxylation sites is 1. The van der Waals surface area contributed by atoms with Gasteiger partial charge in [-0.3, -0.25) is 9.59 Å². The molecule has 1 aromatic heterocycles. The van der Waals surface area contributed by atoms with Crippen LogP contribution in [0.5, 0.6) is 0 Å². The van der Waals surface area contributed by atoms with Crippen molar-refractivity contribution in [2.24, 2.45) is 0 Å². The van der Waals surface area contributed by atoms with Gasteiger partial charge in [0.1, 0.15) is 5.58 Å². The largest absolute Gasteiger partial charge is 0.451 e. The van der Waals surface area contributed by atoms with E-state index in [0.29, 0.717) is 22.4 Å². The summed E-state index contributed by atoms with van der Waals surface area (Å²) in [4.78, 5) is 25.5. The first-order valence-corrected chi connectivity index (χ1v) is 9.10. The fraction of sp³-hybridized carbons (Fsp3) is 0. The molecule has 0 atom stereocenters. The molecule has 0 aliphatic heterocycles. The van der Waals surface area contributed by atoms with Crippen molar-refractivity contribution in [3.63, 3.8) is 0 Å². The highest BCUT2D eigenvalue weighted by molar-refractivity contribution is 9.10. The van der Waals surface area contributed by atoms with Crippen LogP contribution in [-0.4, -0.2) is 11.7 Å². The van der Waals surface area contributed by atoms with E-state index in [-0.39, 0.29) is 11.5 Å². The molecule has 1 heterocycles. The summed E-state index contributed by atoms with van der Waals surface area (Å²) in [7, 11) is 0. The van der Waals surface area contributed by atoms with Crippen molar-refractivity contribution in [2.45, 2.75) is 0 Å². The van der Waals surface area contributed by atoms with Crippen molar-refractivity contribution in [3.8, 4) is 0 Å². The van der Waals surface area contributed by atoms with Crippen LogP contribution in [0.25, 0.3) is 11.0 Å². The molecule has 0 bridgehead atoms. The number of furan rings is 1. The van der Waals surface area contributed by atoms with E-state index in [4.69, 9.17) is 4.42 Å². The fourth-order valence-electron chi connectivity index (χ4n) is 2.84. The number of carbonyl (C=O) groups excluding carboxylic acids is 2. The standard InChI is InChI=1S/C22H14BrNO3/c23-16-10-11-18(17(13-16)21(25)14-6-2-1-3-7-14)24-22(26)20-12-15-8-4-5-9-19(15)27-20/h1-13H,(H,24,26). The van der Waals surface area contributed by atoms with Gasteiger partial charge in [-0.1, -0.05) is 64.5 Å². The van der Waals surface area contributed by atoms with E-state index < -0.39 is 5.91 Å². The molecular formula is C22H14BrNO3. The second-order valence-corrected chi connectivity index (χ2v) is 6.90. The van der Waals surface area contributed by atoms with Crippen LogP contribution in [-0.2, 0) is 0 Å². The maximum atomic E-state index is 12.9. The van der Waals surface area contributed by atoms with Crippen molar-refractivity contribution in [1.82, 2.24) is 0 Å². The summed E-state index contributed by atoms with van der Waals surface area (Å²) >= 11 is 3.39. The van der Waals surface area contributed by atoms with Gasteiger partial charge in [0.25, 0.3) is 5.91 Å². The minimum atomic E-state index is -0.407. The smallest absolute Gasteiger partial charge is 0.291 e. The molecule has 0 unspecified atom stereocenters. The predicted octanol–water partition coefficient (Wildman–Crippen LogP) is 5.68. The Kier molecular flexibility index (Phi) is 4.60. The average Bonchev–Trinajstić information content (AvgIpc) is 3.14. The molecule has 27 heavy (non-hydrogen) atoms. The summed E-state index contributed by atoms with van der Waals surface area (Å²) in [6.07, 6.45) is 0. The van der Waals surface area contributed by atoms with Crippen molar-refractivity contribution >= 4 is 44.3 Å². The summed E-state index contributed by atoms with van der Waals surface area (Å²) in [5, 5.41) is 3.64. The third-order valence-electron chi connectivity index (χ3n) is 4.16. The molecule has 1 amide bonds. The molecule has 132 valence electrons. The molecule has 0 aliphatic rings. The van der Waals surface area contributed by atoms with Crippen LogP contribution in [0.4, 0.5) is 5.69 Å². The maximum absolute atomic E-state index is 12.9. The van der Waals surface area contributed by atoms with Crippen molar-refractivity contribution in [1.29, 1.82) is 0 Å². The van der Waals surface area contributed by atoms with Gasteiger partial charge in [-0.05, 0) is 30.3 Å². The average molecular weight is 420 g/mol. The maximum Gasteiger partial charge on any atom is 0.291 e. The molecule has 4 aromatic rings. The molecule has 0 fully saturated rings. The van der Waals surface area contributed by atoms with Gasteiger partial charge in [0.15, 0.2) is 11.5 Å². The number of carbonyl (C=O) groups is 2. The van der Waals surface area contributed by atoms with E-state index in [0.717, 1.165) is 9.86 Å². The highest BCUT2D eigenvalue weighted by atomic mass is 79.9. The molecular weight excluding hydrogens is 406 g/mol. The number of ketones is 1. The van der Waals surface area contributed by atoms with Gasteiger partial charge in [-0.2, -0.15) is 0 Å². The van der Waals surface area contributed by atoms with Crippen LogP contribution in [0, 0.1) is 0 Å². The van der Waals surface area contributed by atoms with E-state index in [2.05, 4.69) is 21.2 Å². The lowest BCUT2D eigenvalue weighted by Gasteiger charge is -2.10. The number of amides is 1. The van der Waals surface area contributed by atoms with Gasteiger partial charge >= 0.3 is 0 Å². The first-order chi connectivity index (χ1) is 13.1. The van der Waals surface area contributed by atoms with Crippen LogP contribution in [0.3, 0.4) is 0 Å². The highest BCUT2D eigenvalue weighted by Crippen LogP contribution is 2.26. The Hall–Kier alpha value is -3.18. The van der Waals surface area contributed by atoms with Crippen LogP contribution in [0.15, 0.2) is 87.8 Å². The van der Waals surface area contributed by atoms with Crippen molar-refractivity contribution < 1.29 is 14.0 Å². The van der Waals surface area contributed by atoms with Gasteiger partial charge in [-0.25, -0.2) is 0 Å². The molecule has 0 saturated carbocycles. The van der Waals surface area contributed by atoms with Gasteiger partial charge < -0.3 is 9.73 Å². The first-order valence-electron chi connectivity index (χ1n) is 8.31. The molecule has 4 rings (SSSR count). The summed E-state index contributed by atoms with van der Waals surface area (Å²) in [6.45, 7) is 0. The minimum absolute atomic E-state index is 0.170. The predicted molar refractivity (Wildman–Crippen MR) is 108 cm³/mol. The molecule has 4 nitrogen and oxygen atoms in total. The Morgan fingerprint density at radius 2 is 1.59 bits per heavy atom. The molecule has 3 aromatic carbocycles. The van der Waals surface area contributed by atoms with Crippen LogP contribution in [0.2, 0.25) is 0 Å². The molecule has 0 spiro atoms. The van der Waals surface area contributed by atoms with Gasteiger partial charge in [0, 0.05) is 21.0 Å². The Labute approximate surface area is 163 Å². The second kappa shape index (κ2) is 7.21. The zero-order valence-electron chi connectivity index (χ0n) is 14.1. The Morgan fingerprint density at radius 1 is 0.852 bits per heavy atom. The minimum Gasteiger partial charge on any atom is -0.451 e. The zero-order chi connectivity index (χ0) is 18.8. The summed E-state index contributed by atoms with van der Waals surface area (Å²) in [6, 6.07) is 23.2. The number of hydrogen-bond acceptors (Lipinski definition) is 3. The number of anilines is 1. The number of benzene rings is 3.